The van der Waals surface area contributed by atoms with Crippen LogP contribution < -0.4 is 4.72 Å². The van der Waals surface area contributed by atoms with Gasteiger partial charge in [-0.05, 0) is 35.7 Å². The summed E-state index contributed by atoms with van der Waals surface area (Å²) in [5, 5.41) is 1.15. The maximum absolute atomic E-state index is 11.3. The molecular weight excluding hydrogens is 272 g/mol. The molecule has 0 bridgehead atoms. The number of sulfonamides is 1. The molecule has 0 unspecified atom stereocenters. The average Bonchev–Trinajstić information content (AvgIpc) is 2.81. The molecule has 0 fully saturated rings. The molecule has 0 aliphatic carbocycles. The summed E-state index contributed by atoms with van der Waals surface area (Å²) in [7, 11) is -3.26. The molecule has 0 spiro atoms. The van der Waals surface area contributed by atoms with E-state index in [1.165, 1.54) is 0 Å². The summed E-state index contributed by atoms with van der Waals surface area (Å²) >= 11 is 0. The van der Waals surface area contributed by atoms with Gasteiger partial charge >= 0.3 is 0 Å². The first-order valence-corrected chi connectivity index (χ1v) is 8.06. The number of para-hydroxylation sites is 1. The summed E-state index contributed by atoms with van der Waals surface area (Å²) in [5.41, 5.74) is 2.56. The lowest BCUT2D eigenvalue weighted by Gasteiger charge is -2.09. The molecule has 2 aromatic carbocycles. The lowest BCUT2D eigenvalue weighted by Crippen LogP contribution is -2.09. The number of rotatable bonds is 3. The Kier molecular flexibility index (Phi) is 2.99. The van der Waals surface area contributed by atoms with Crippen LogP contribution in [0.3, 0.4) is 0 Å². The number of anilines is 1. The topological polar surface area (TPSA) is 51.1 Å². The zero-order chi connectivity index (χ0) is 14.2. The first kappa shape index (κ1) is 12.7. The van der Waals surface area contributed by atoms with Crippen molar-refractivity contribution >= 4 is 26.6 Å². The van der Waals surface area contributed by atoms with E-state index in [0.29, 0.717) is 5.69 Å². The van der Waals surface area contributed by atoms with E-state index in [1.54, 1.807) is 6.07 Å². The molecule has 4 nitrogen and oxygen atoms in total. The van der Waals surface area contributed by atoms with E-state index >= 15 is 0 Å². The maximum atomic E-state index is 11.3. The Hall–Kier alpha value is -2.27. The van der Waals surface area contributed by atoms with E-state index < -0.39 is 10.0 Å². The monoisotopic (exact) mass is 286 g/mol. The highest BCUT2D eigenvalue weighted by Crippen LogP contribution is 2.22. The molecule has 0 radical (unpaired) electrons. The molecule has 1 aromatic heterocycles. The van der Waals surface area contributed by atoms with Gasteiger partial charge in [0.15, 0.2) is 0 Å². The third-order valence-electron chi connectivity index (χ3n) is 3.03. The quantitative estimate of drug-likeness (QED) is 0.804. The van der Waals surface area contributed by atoms with Gasteiger partial charge < -0.3 is 4.57 Å². The van der Waals surface area contributed by atoms with Crippen molar-refractivity contribution in [2.45, 2.75) is 0 Å². The van der Waals surface area contributed by atoms with Crippen LogP contribution in [0.1, 0.15) is 0 Å². The van der Waals surface area contributed by atoms with Gasteiger partial charge in [-0.3, -0.25) is 4.72 Å². The SMILES string of the molecule is CS(=O)(=O)Nc1cccc(-n2ccc3ccccc32)c1. The van der Waals surface area contributed by atoms with Crippen molar-refractivity contribution < 1.29 is 8.42 Å². The summed E-state index contributed by atoms with van der Waals surface area (Å²) < 4.78 is 27.1. The van der Waals surface area contributed by atoms with E-state index in [-0.39, 0.29) is 0 Å². The van der Waals surface area contributed by atoms with Crippen molar-refractivity contribution in [3.8, 4) is 5.69 Å². The number of hydrogen-bond donors (Lipinski definition) is 1. The van der Waals surface area contributed by atoms with Gasteiger partial charge in [-0.15, -0.1) is 0 Å². The summed E-state index contributed by atoms with van der Waals surface area (Å²) in [4.78, 5) is 0. The van der Waals surface area contributed by atoms with Gasteiger partial charge in [0.05, 0.1) is 17.5 Å². The fourth-order valence-corrected chi connectivity index (χ4v) is 2.80. The molecule has 3 aromatic rings. The molecular formula is C15H14N2O2S. The highest BCUT2D eigenvalue weighted by molar-refractivity contribution is 7.92. The Morgan fingerprint density at radius 2 is 1.80 bits per heavy atom. The Bertz CT molecular complexity index is 866. The normalized spacial score (nSPS) is 11.7. The lowest BCUT2D eigenvalue weighted by atomic mass is 10.2. The summed E-state index contributed by atoms with van der Waals surface area (Å²) in [5.74, 6) is 0. The van der Waals surface area contributed by atoms with Gasteiger partial charge in [0.2, 0.25) is 10.0 Å². The van der Waals surface area contributed by atoms with Crippen molar-refractivity contribution in [1.29, 1.82) is 0 Å². The molecule has 0 aliphatic heterocycles. The molecule has 102 valence electrons. The molecule has 20 heavy (non-hydrogen) atoms. The van der Waals surface area contributed by atoms with Crippen molar-refractivity contribution in [2.24, 2.45) is 0 Å². The van der Waals surface area contributed by atoms with E-state index in [0.717, 1.165) is 22.8 Å². The van der Waals surface area contributed by atoms with Crippen LogP contribution in [0.5, 0.6) is 0 Å². The van der Waals surface area contributed by atoms with Crippen LogP contribution in [-0.2, 0) is 10.0 Å². The molecule has 0 saturated heterocycles. The second kappa shape index (κ2) is 4.68. The maximum Gasteiger partial charge on any atom is 0.229 e. The summed E-state index contributed by atoms with van der Waals surface area (Å²) in [6, 6.07) is 17.4. The van der Waals surface area contributed by atoms with E-state index in [4.69, 9.17) is 0 Å². The fraction of sp³-hybridized carbons (Fsp3) is 0.0667. The van der Waals surface area contributed by atoms with Crippen molar-refractivity contribution in [3.05, 3.63) is 60.8 Å². The minimum Gasteiger partial charge on any atom is -0.316 e. The first-order valence-electron chi connectivity index (χ1n) is 6.17. The van der Waals surface area contributed by atoms with Gasteiger partial charge in [-0.1, -0.05) is 24.3 Å². The third kappa shape index (κ3) is 2.53. The Morgan fingerprint density at radius 1 is 1.00 bits per heavy atom. The second-order valence-electron chi connectivity index (χ2n) is 4.67. The number of aromatic nitrogens is 1. The minimum absolute atomic E-state index is 0.558. The third-order valence-corrected chi connectivity index (χ3v) is 3.63. The fourth-order valence-electron chi connectivity index (χ4n) is 2.24. The number of benzene rings is 2. The smallest absolute Gasteiger partial charge is 0.229 e. The summed E-state index contributed by atoms with van der Waals surface area (Å²) in [6.45, 7) is 0. The highest BCUT2D eigenvalue weighted by atomic mass is 32.2. The molecule has 5 heteroatoms. The van der Waals surface area contributed by atoms with Crippen LogP contribution in [0.4, 0.5) is 5.69 Å². The van der Waals surface area contributed by atoms with Crippen molar-refractivity contribution in [3.63, 3.8) is 0 Å². The zero-order valence-corrected chi connectivity index (χ0v) is 11.8. The molecule has 3 rings (SSSR count). The van der Waals surface area contributed by atoms with Crippen molar-refractivity contribution in [1.82, 2.24) is 4.57 Å². The van der Waals surface area contributed by atoms with Gasteiger partial charge in [0.1, 0.15) is 0 Å². The predicted octanol–water partition coefficient (Wildman–Crippen LogP) is 3.00. The van der Waals surface area contributed by atoms with Crippen molar-refractivity contribution in [2.75, 3.05) is 11.0 Å². The van der Waals surface area contributed by atoms with Crippen LogP contribution >= 0.6 is 0 Å². The zero-order valence-electron chi connectivity index (χ0n) is 10.9. The Balaban J connectivity index is 2.08. The van der Waals surface area contributed by atoms with E-state index in [2.05, 4.69) is 4.72 Å². The lowest BCUT2D eigenvalue weighted by molar-refractivity contribution is 0.607. The van der Waals surface area contributed by atoms with Crippen LogP contribution in [0.25, 0.3) is 16.6 Å². The molecule has 1 N–H and O–H groups in total. The van der Waals surface area contributed by atoms with Crippen LogP contribution in [0, 0.1) is 0 Å². The van der Waals surface area contributed by atoms with E-state index in [9.17, 15) is 8.42 Å². The Labute approximate surface area is 117 Å². The number of nitrogens with one attached hydrogen (secondary N) is 1. The molecule has 0 atom stereocenters. The number of nitrogens with zero attached hydrogens (tertiary/aromatic N) is 1. The standard InChI is InChI=1S/C15H14N2O2S/c1-20(18,19)16-13-6-4-7-14(11-13)17-10-9-12-5-2-3-8-15(12)17/h2-11,16H,1H3. The van der Waals surface area contributed by atoms with Crippen LogP contribution in [-0.4, -0.2) is 19.2 Å². The second-order valence-corrected chi connectivity index (χ2v) is 6.42. The minimum atomic E-state index is -3.26. The van der Waals surface area contributed by atoms with Crippen LogP contribution in [0.2, 0.25) is 0 Å². The first-order chi connectivity index (χ1) is 9.53. The predicted molar refractivity (Wildman–Crippen MR) is 81.7 cm³/mol. The molecule has 1 heterocycles. The molecule has 0 aliphatic rings. The molecule has 0 saturated carbocycles. The van der Waals surface area contributed by atoms with Gasteiger partial charge in [0, 0.05) is 11.9 Å². The number of fused-ring (bicyclic) bond motifs is 1. The van der Waals surface area contributed by atoms with Gasteiger partial charge in [0.25, 0.3) is 0 Å². The summed E-state index contributed by atoms with van der Waals surface area (Å²) in [6.07, 6.45) is 3.12. The van der Waals surface area contributed by atoms with Gasteiger partial charge in [-0.25, -0.2) is 8.42 Å². The highest BCUT2D eigenvalue weighted by Gasteiger charge is 2.05. The van der Waals surface area contributed by atoms with Crippen LogP contribution in [0.15, 0.2) is 60.8 Å². The largest absolute Gasteiger partial charge is 0.316 e. The average molecular weight is 286 g/mol. The number of hydrogen-bond acceptors (Lipinski definition) is 2. The van der Waals surface area contributed by atoms with Gasteiger partial charge in [-0.2, -0.15) is 0 Å². The Morgan fingerprint density at radius 3 is 2.60 bits per heavy atom. The van der Waals surface area contributed by atoms with E-state index in [1.807, 2.05) is 59.3 Å². The molecule has 0 amide bonds.